The lowest BCUT2D eigenvalue weighted by Gasteiger charge is -2.54. The molecular weight excluding hydrogens is 348 g/mol. The normalized spacial score (nSPS) is 38.7. The third-order valence-corrected chi connectivity index (χ3v) is 8.23. The summed E-state index contributed by atoms with van der Waals surface area (Å²) in [5, 5.41) is 8.88. The predicted molar refractivity (Wildman–Crippen MR) is 99.6 cm³/mol. The zero-order chi connectivity index (χ0) is 17.4. The van der Waals surface area contributed by atoms with Crippen molar-refractivity contribution in [1.29, 1.82) is 0 Å². The highest BCUT2D eigenvalue weighted by Gasteiger charge is 2.55. The van der Waals surface area contributed by atoms with Gasteiger partial charge in [-0.2, -0.15) is 11.1 Å². The Kier molecular flexibility index (Phi) is 3.44. The summed E-state index contributed by atoms with van der Waals surface area (Å²) in [6.07, 6.45) is 8.49. The van der Waals surface area contributed by atoms with Gasteiger partial charge in [-0.25, -0.2) is 10.4 Å². The van der Waals surface area contributed by atoms with Crippen LogP contribution in [0, 0.1) is 17.8 Å². The number of hydrogen-bond donors (Lipinski definition) is 4. The van der Waals surface area contributed by atoms with Crippen LogP contribution < -0.4 is 21.8 Å². The van der Waals surface area contributed by atoms with Crippen molar-refractivity contribution in [3.8, 4) is 0 Å². The summed E-state index contributed by atoms with van der Waals surface area (Å²) in [5.74, 6) is 1.93. The Morgan fingerprint density at radius 1 is 1.12 bits per heavy atom. The zero-order valence-electron chi connectivity index (χ0n) is 15.0. The van der Waals surface area contributed by atoms with Gasteiger partial charge in [0.15, 0.2) is 0 Å². The summed E-state index contributed by atoms with van der Waals surface area (Å²) < 4.78 is 0. The molecule has 5 unspecified atom stereocenters. The second-order valence-corrected chi connectivity index (χ2v) is 9.68. The second kappa shape index (κ2) is 5.65. The molecule has 7 nitrogen and oxygen atoms in total. The monoisotopic (exact) mass is 374 g/mol. The first-order chi connectivity index (χ1) is 12.7. The predicted octanol–water partition coefficient (Wildman–Crippen LogP) is 1.96. The Balaban J connectivity index is 1.44. The molecule has 3 aliphatic heterocycles. The summed E-state index contributed by atoms with van der Waals surface area (Å²) in [4.78, 5) is 15.1. The fourth-order valence-corrected chi connectivity index (χ4v) is 7.21. The smallest absolute Gasteiger partial charge is 0.274 e. The third kappa shape index (κ3) is 2.05. The molecule has 4 N–H and O–H groups in total. The molecule has 1 amide bonds. The van der Waals surface area contributed by atoms with Crippen LogP contribution in [-0.2, 0) is 12.8 Å². The molecule has 6 rings (SSSR count). The van der Waals surface area contributed by atoms with Crippen LogP contribution in [0.25, 0.3) is 0 Å². The Bertz CT molecular complexity index is 765. The molecule has 2 saturated heterocycles. The number of fused-ring (bicyclic) bond motifs is 9. The quantitative estimate of drug-likeness (QED) is 0.557. The summed E-state index contributed by atoms with van der Waals surface area (Å²) in [6.45, 7) is 2.32. The van der Waals surface area contributed by atoms with Crippen molar-refractivity contribution in [2.24, 2.45) is 17.8 Å². The number of hydrazine groups is 4. The Morgan fingerprint density at radius 2 is 1.92 bits per heavy atom. The van der Waals surface area contributed by atoms with Crippen molar-refractivity contribution in [1.82, 2.24) is 26.6 Å². The van der Waals surface area contributed by atoms with Gasteiger partial charge in [0.1, 0.15) is 17.3 Å². The van der Waals surface area contributed by atoms with E-state index in [9.17, 15) is 4.79 Å². The summed E-state index contributed by atoms with van der Waals surface area (Å²) >= 11 is 1.84. The SMILES string of the molecule is CC1CCc2c(sc3c2C(=O)N2C(N3)C3CCCCC3C3NNNN32)C1. The van der Waals surface area contributed by atoms with E-state index in [0.717, 1.165) is 29.3 Å². The number of carbonyl (C=O) groups is 1. The van der Waals surface area contributed by atoms with Crippen LogP contribution in [0.15, 0.2) is 0 Å². The molecule has 1 saturated carbocycles. The third-order valence-electron chi connectivity index (χ3n) is 7.05. The molecule has 26 heavy (non-hydrogen) atoms. The van der Waals surface area contributed by atoms with Crippen molar-refractivity contribution < 1.29 is 4.79 Å². The first-order valence-corrected chi connectivity index (χ1v) is 10.8. The molecule has 5 aliphatic rings. The van der Waals surface area contributed by atoms with Gasteiger partial charge in [0.25, 0.3) is 5.91 Å². The van der Waals surface area contributed by atoms with Gasteiger partial charge in [-0.05, 0) is 49.5 Å². The maximum absolute atomic E-state index is 13.6. The van der Waals surface area contributed by atoms with Crippen LogP contribution in [0.5, 0.6) is 0 Å². The number of anilines is 1. The van der Waals surface area contributed by atoms with Crippen LogP contribution in [0.1, 0.15) is 59.8 Å². The molecule has 1 aromatic rings. The average Bonchev–Trinajstić information content (AvgIpc) is 3.26. The van der Waals surface area contributed by atoms with E-state index in [0.29, 0.717) is 11.8 Å². The molecule has 1 aromatic heterocycles. The average molecular weight is 375 g/mol. The van der Waals surface area contributed by atoms with Gasteiger partial charge in [-0.15, -0.1) is 16.5 Å². The molecule has 8 heteroatoms. The molecule has 140 valence electrons. The minimum absolute atomic E-state index is 0.0586. The largest absolute Gasteiger partial charge is 0.355 e. The van der Waals surface area contributed by atoms with E-state index in [1.165, 1.54) is 42.5 Å². The lowest BCUT2D eigenvalue weighted by molar-refractivity contribution is -0.157. The number of rotatable bonds is 0. The fourth-order valence-electron chi connectivity index (χ4n) is 5.78. The molecule has 3 fully saturated rings. The Hall–Kier alpha value is -1.19. The number of amides is 1. The van der Waals surface area contributed by atoms with Crippen LogP contribution in [0.3, 0.4) is 0 Å². The van der Waals surface area contributed by atoms with Gasteiger partial charge in [0.2, 0.25) is 0 Å². The number of nitrogens with zero attached hydrogens (tertiary/aromatic N) is 2. The van der Waals surface area contributed by atoms with E-state index in [-0.39, 0.29) is 18.2 Å². The van der Waals surface area contributed by atoms with Gasteiger partial charge in [-0.3, -0.25) is 4.79 Å². The van der Waals surface area contributed by atoms with Crippen molar-refractivity contribution in [2.45, 2.75) is 64.2 Å². The zero-order valence-corrected chi connectivity index (χ0v) is 15.9. The molecule has 0 radical (unpaired) electrons. The highest BCUT2D eigenvalue weighted by Crippen LogP contribution is 2.48. The molecule has 2 aliphatic carbocycles. The molecule has 0 aromatic carbocycles. The van der Waals surface area contributed by atoms with Crippen molar-refractivity contribution in [3.05, 3.63) is 16.0 Å². The van der Waals surface area contributed by atoms with E-state index in [2.05, 4.69) is 28.7 Å². The topological polar surface area (TPSA) is 71.7 Å². The minimum Gasteiger partial charge on any atom is -0.355 e. The molecular formula is C18H26N6OS. The van der Waals surface area contributed by atoms with E-state index in [1.54, 1.807) is 0 Å². The van der Waals surface area contributed by atoms with E-state index in [1.807, 2.05) is 21.5 Å². The Labute approximate surface area is 157 Å². The summed E-state index contributed by atoms with van der Waals surface area (Å²) in [5.41, 5.74) is 11.8. The molecule has 5 atom stereocenters. The van der Waals surface area contributed by atoms with E-state index in [4.69, 9.17) is 0 Å². The standard InChI is InChI=1S/C18H26N6OS/c1-9-6-7-12-13(8-9)26-17-14(12)18(25)23-15(19-17)10-4-2-3-5-11(10)16-20-21-22-24(16)23/h9-11,15-16,19-22H,2-8H2,1H3. The van der Waals surface area contributed by atoms with Gasteiger partial charge < -0.3 is 5.32 Å². The second-order valence-electron chi connectivity index (χ2n) is 8.58. The number of thiophene rings is 1. The van der Waals surface area contributed by atoms with Gasteiger partial charge in [0, 0.05) is 10.8 Å². The van der Waals surface area contributed by atoms with Gasteiger partial charge >= 0.3 is 0 Å². The summed E-state index contributed by atoms with van der Waals surface area (Å²) in [7, 11) is 0. The first kappa shape index (κ1) is 15.8. The lowest BCUT2D eigenvalue weighted by Crippen LogP contribution is -2.71. The maximum atomic E-state index is 13.6. The van der Waals surface area contributed by atoms with Crippen molar-refractivity contribution in [3.63, 3.8) is 0 Å². The lowest BCUT2D eigenvalue weighted by atomic mass is 9.74. The van der Waals surface area contributed by atoms with Gasteiger partial charge in [0.05, 0.1) is 5.56 Å². The van der Waals surface area contributed by atoms with Crippen LogP contribution >= 0.6 is 11.3 Å². The Morgan fingerprint density at radius 3 is 2.77 bits per heavy atom. The molecule has 0 spiro atoms. The molecule has 0 bridgehead atoms. The summed E-state index contributed by atoms with van der Waals surface area (Å²) in [6, 6.07) is 0. The van der Waals surface area contributed by atoms with Crippen LogP contribution in [0.2, 0.25) is 0 Å². The number of hydrogen-bond acceptors (Lipinski definition) is 7. The maximum Gasteiger partial charge on any atom is 0.274 e. The number of nitrogens with one attached hydrogen (secondary N) is 4. The number of carbonyl (C=O) groups excluding carboxylic acids is 1. The van der Waals surface area contributed by atoms with Crippen LogP contribution in [-0.4, -0.2) is 28.4 Å². The van der Waals surface area contributed by atoms with Crippen molar-refractivity contribution >= 4 is 22.2 Å². The van der Waals surface area contributed by atoms with Crippen LogP contribution in [0.4, 0.5) is 5.00 Å². The first-order valence-electron chi connectivity index (χ1n) is 10.0. The van der Waals surface area contributed by atoms with Gasteiger partial charge in [-0.1, -0.05) is 19.8 Å². The molecule has 4 heterocycles. The van der Waals surface area contributed by atoms with Crippen molar-refractivity contribution in [2.75, 3.05) is 5.32 Å². The minimum atomic E-state index is 0.0586. The highest BCUT2D eigenvalue weighted by molar-refractivity contribution is 7.16. The van der Waals surface area contributed by atoms with E-state index < -0.39 is 0 Å². The fraction of sp³-hybridized carbons (Fsp3) is 0.722. The highest BCUT2D eigenvalue weighted by atomic mass is 32.1. The van der Waals surface area contributed by atoms with E-state index >= 15 is 0 Å².